The van der Waals surface area contributed by atoms with E-state index < -0.39 is 28.5 Å². The van der Waals surface area contributed by atoms with Crippen LogP contribution in [0.2, 0.25) is 5.02 Å². The number of hydrogen-bond donors (Lipinski definition) is 1. The highest BCUT2D eigenvalue weighted by Crippen LogP contribution is 2.31. The van der Waals surface area contributed by atoms with Gasteiger partial charge in [-0.05, 0) is 73.7 Å². The lowest BCUT2D eigenvalue weighted by Crippen LogP contribution is -2.53. The van der Waals surface area contributed by atoms with Crippen molar-refractivity contribution in [2.75, 3.05) is 18.0 Å². The molecule has 1 aliphatic rings. The summed E-state index contributed by atoms with van der Waals surface area (Å²) in [5, 5.41) is 3.50. The number of carbonyl (C=O) groups excluding carboxylic acids is 2. The zero-order valence-corrected chi connectivity index (χ0v) is 25.8. The Morgan fingerprint density at radius 2 is 1.71 bits per heavy atom. The van der Waals surface area contributed by atoms with Crippen molar-refractivity contribution >= 4 is 39.1 Å². The first-order valence-corrected chi connectivity index (χ1v) is 16.0. The number of carbonyl (C=O) groups is 2. The molecule has 1 aliphatic carbocycles. The Morgan fingerprint density at radius 3 is 2.38 bits per heavy atom. The molecule has 0 bridgehead atoms. The number of halogens is 1. The van der Waals surface area contributed by atoms with E-state index in [0.717, 1.165) is 35.6 Å². The molecule has 1 saturated carbocycles. The number of ether oxygens (including phenoxy) is 1. The Balaban J connectivity index is 1.74. The number of benzene rings is 3. The third kappa shape index (κ3) is 7.25. The molecule has 0 spiro atoms. The second-order valence-electron chi connectivity index (χ2n) is 10.5. The zero-order valence-electron chi connectivity index (χ0n) is 24.3. The molecule has 8 nitrogen and oxygen atoms in total. The normalized spacial score (nSPS) is 14.3. The highest BCUT2D eigenvalue weighted by atomic mass is 35.5. The van der Waals surface area contributed by atoms with E-state index in [1.165, 1.54) is 17.0 Å². The molecule has 0 heterocycles. The summed E-state index contributed by atoms with van der Waals surface area (Å²) in [6.07, 6.45) is 4.28. The molecule has 0 radical (unpaired) electrons. The fraction of sp³-hybridized carbons (Fsp3) is 0.375. The van der Waals surface area contributed by atoms with Crippen LogP contribution in [0.25, 0.3) is 0 Å². The summed E-state index contributed by atoms with van der Waals surface area (Å²) in [6.45, 7) is 3.15. The molecular formula is C32H38ClN3O5S. The molecule has 1 atom stereocenters. The van der Waals surface area contributed by atoms with Crippen molar-refractivity contribution in [2.45, 2.75) is 69.5 Å². The van der Waals surface area contributed by atoms with E-state index in [4.69, 9.17) is 16.3 Å². The molecule has 0 unspecified atom stereocenters. The van der Waals surface area contributed by atoms with Crippen LogP contribution < -0.4 is 14.4 Å². The van der Waals surface area contributed by atoms with Crippen molar-refractivity contribution in [3.8, 4) is 5.75 Å². The quantitative estimate of drug-likeness (QED) is 0.283. The Labute approximate surface area is 253 Å². The summed E-state index contributed by atoms with van der Waals surface area (Å²) < 4.78 is 34.5. The van der Waals surface area contributed by atoms with Crippen LogP contribution >= 0.6 is 11.6 Å². The van der Waals surface area contributed by atoms with Gasteiger partial charge in [-0.3, -0.25) is 13.9 Å². The lowest BCUT2D eigenvalue weighted by Gasteiger charge is -2.34. The van der Waals surface area contributed by atoms with Gasteiger partial charge in [-0.25, -0.2) is 8.42 Å². The van der Waals surface area contributed by atoms with Crippen LogP contribution in [0.15, 0.2) is 77.7 Å². The largest absolute Gasteiger partial charge is 0.497 e. The van der Waals surface area contributed by atoms with E-state index in [9.17, 15) is 18.0 Å². The van der Waals surface area contributed by atoms with E-state index >= 15 is 0 Å². The van der Waals surface area contributed by atoms with Crippen LogP contribution in [-0.2, 0) is 26.2 Å². The lowest BCUT2D eigenvalue weighted by molar-refractivity contribution is -0.140. The van der Waals surface area contributed by atoms with Gasteiger partial charge in [0.2, 0.25) is 11.8 Å². The Bertz CT molecular complexity index is 1490. The first kappa shape index (κ1) is 31.4. The Hall–Kier alpha value is -3.56. The molecule has 0 aliphatic heterocycles. The van der Waals surface area contributed by atoms with E-state index in [1.54, 1.807) is 56.5 Å². The predicted molar refractivity (Wildman–Crippen MR) is 165 cm³/mol. The Morgan fingerprint density at radius 1 is 1.02 bits per heavy atom. The number of amides is 2. The van der Waals surface area contributed by atoms with Gasteiger partial charge in [-0.1, -0.05) is 67.8 Å². The maximum absolute atomic E-state index is 14.3. The molecule has 224 valence electrons. The summed E-state index contributed by atoms with van der Waals surface area (Å²) in [4.78, 5) is 29.4. The summed E-state index contributed by atoms with van der Waals surface area (Å²) in [5.41, 5.74) is 1.58. The van der Waals surface area contributed by atoms with Crippen molar-refractivity contribution in [1.82, 2.24) is 10.2 Å². The fourth-order valence-electron chi connectivity index (χ4n) is 5.35. The van der Waals surface area contributed by atoms with Gasteiger partial charge >= 0.3 is 0 Å². The monoisotopic (exact) mass is 611 g/mol. The number of nitrogens with zero attached hydrogens (tertiary/aromatic N) is 2. The number of rotatable bonds is 12. The predicted octanol–water partition coefficient (Wildman–Crippen LogP) is 5.72. The summed E-state index contributed by atoms with van der Waals surface area (Å²) in [6, 6.07) is 19.5. The van der Waals surface area contributed by atoms with E-state index in [2.05, 4.69) is 5.32 Å². The third-order valence-electron chi connectivity index (χ3n) is 7.69. The maximum atomic E-state index is 14.3. The molecule has 1 N–H and O–H groups in total. The molecule has 10 heteroatoms. The van der Waals surface area contributed by atoms with Crippen LogP contribution in [0.3, 0.4) is 0 Å². The van der Waals surface area contributed by atoms with Crippen LogP contribution in [0.1, 0.15) is 50.2 Å². The second-order valence-corrected chi connectivity index (χ2v) is 12.8. The number of methoxy groups -OCH3 is 1. The van der Waals surface area contributed by atoms with Gasteiger partial charge in [-0.15, -0.1) is 0 Å². The van der Waals surface area contributed by atoms with Gasteiger partial charge in [0.1, 0.15) is 18.3 Å². The highest BCUT2D eigenvalue weighted by molar-refractivity contribution is 7.92. The molecule has 1 fully saturated rings. The van der Waals surface area contributed by atoms with Crippen LogP contribution in [0.5, 0.6) is 5.75 Å². The van der Waals surface area contributed by atoms with E-state index in [0.29, 0.717) is 28.4 Å². The molecule has 3 aromatic carbocycles. The molecule has 4 rings (SSSR count). The van der Waals surface area contributed by atoms with Crippen molar-refractivity contribution in [1.29, 1.82) is 0 Å². The maximum Gasteiger partial charge on any atom is 0.264 e. The fourth-order valence-corrected chi connectivity index (χ4v) is 7.02. The van der Waals surface area contributed by atoms with Gasteiger partial charge in [0, 0.05) is 17.6 Å². The van der Waals surface area contributed by atoms with Crippen molar-refractivity contribution < 1.29 is 22.7 Å². The second kappa shape index (κ2) is 14.1. The minimum atomic E-state index is -4.17. The number of hydrogen-bond acceptors (Lipinski definition) is 5. The minimum absolute atomic E-state index is 0.0440. The Kier molecular flexibility index (Phi) is 10.5. The van der Waals surface area contributed by atoms with Crippen molar-refractivity contribution in [3.63, 3.8) is 0 Å². The van der Waals surface area contributed by atoms with E-state index in [1.807, 2.05) is 25.1 Å². The summed E-state index contributed by atoms with van der Waals surface area (Å²) in [7, 11) is -2.61. The minimum Gasteiger partial charge on any atom is -0.497 e. The van der Waals surface area contributed by atoms with Gasteiger partial charge in [0.15, 0.2) is 0 Å². The average molecular weight is 612 g/mol. The molecular weight excluding hydrogens is 574 g/mol. The lowest BCUT2D eigenvalue weighted by atomic mass is 10.1. The summed E-state index contributed by atoms with van der Waals surface area (Å²) in [5.74, 6) is -0.131. The van der Waals surface area contributed by atoms with Gasteiger partial charge in [-0.2, -0.15) is 0 Å². The highest BCUT2D eigenvalue weighted by Gasteiger charge is 2.35. The van der Waals surface area contributed by atoms with E-state index in [-0.39, 0.29) is 23.4 Å². The third-order valence-corrected chi connectivity index (χ3v) is 9.88. The van der Waals surface area contributed by atoms with Gasteiger partial charge in [0.05, 0.1) is 17.7 Å². The van der Waals surface area contributed by atoms with Crippen LogP contribution in [-0.4, -0.2) is 50.9 Å². The SMILES string of the molecule is CC[C@@H](C(=O)NC1CCCC1)N(Cc1cccc(OC)c1)C(=O)CN(c1cccc(Cl)c1C)S(=O)(=O)c1ccccc1. The molecule has 2 amide bonds. The van der Waals surface area contributed by atoms with Crippen molar-refractivity contribution in [2.24, 2.45) is 0 Å². The molecule has 42 heavy (non-hydrogen) atoms. The van der Waals surface area contributed by atoms with Gasteiger partial charge in [0.25, 0.3) is 10.0 Å². The molecule has 0 aromatic heterocycles. The smallest absolute Gasteiger partial charge is 0.264 e. The zero-order chi connectivity index (χ0) is 30.3. The van der Waals surface area contributed by atoms with Gasteiger partial charge < -0.3 is 15.0 Å². The summed E-state index contributed by atoms with van der Waals surface area (Å²) >= 11 is 6.40. The average Bonchev–Trinajstić information content (AvgIpc) is 3.51. The molecule has 3 aromatic rings. The number of anilines is 1. The first-order valence-electron chi connectivity index (χ1n) is 14.2. The molecule has 0 saturated heterocycles. The van der Waals surface area contributed by atoms with Crippen molar-refractivity contribution in [3.05, 3.63) is 88.9 Å². The van der Waals surface area contributed by atoms with Crippen LogP contribution in [0.4, 0.5) is 5.69 Å². The number of nitrogens with one attached hydrogen (secondary N) is 1. The first-order chi connectivity index (χ1) is 20.1. The topological polar surface area (TPSA) is 96.0 Å². The number of sulfonamides is 1. The standard InChI is InChI=1S/C32H38ClN3O5S/c1-4-29(32(38)34-25-13-8-9-14-25)35(21-24-12-10-15-26(20-24)41-3)31(37)22-36(30-19-11-18-28(33)23(30)2)42(39,40)27-16-6-5-7-17-27/h5-7,10-12,15-20,25,29H,4,8-9,13-14,21-22H2,1-3H3,(H,34,38)/t29-/m0/s1. The van der Waals surface area contributed by atoms with Crippen LogP contribution in [0, 0.1) is 6.92 Å².